The summed E-state index contributed by atoms with van der Waals surface area (Å²) in [5.74, 6) is 1.01. The molecule has 0 bridgehead atoms. The van der Waals surface area contributed by atoms with Crippen molar-refractivity contribution >= 4 is 11.7 Å². The molecule has 0 aliphatic carbocycles. The molecule has 1 aliphatic heterocycles. The summed E-state index contributed by atoms with van der Waals surface area (Å²) in [5, 5.41) is 12.4. The zero-order chi connectivity index (χ0) is 19.4. The third-order valence-corrected chi connectivity index (χ3v) is 4.90. The van der Waals surface area contributed by atoms with Crippen LogP contribution in [0.3, 0.4) is 0 Å². The predicted octanol–water partition coefficient (Wildman–Crippen LogP) is 4.76. The average Bonchev–Trinajstić information content (AvgIpc) is 3.04. The van der Waals surface area contributed by atoms with Gasteiger partial charge in [-0.15, -0.1) is 0 Å². The number of hydrogen-bond donors (Lipinski definition) is 1. The van der Waals surface area contributed by atoms with E-state index >= 15 is 0 Å². The third-order valence-electron chi connectivity index (χ3n) is 4.90. The summed E-state index contributed by atoms with van der Waals surface area (Å²) < 4.78 is 6.13. The second-order valence-corrected chi connectivity index (χ2v) is 7.50. The lowest BCUT2D eigenvalue weighted by molar-refractivity contribution is 0.100. The lowest BCUT2D eigenvalue weighted by Gasteiger charge is -2.26. The Labute approximate surface area is 160 Å². The highest BCUT2D eigenvalue weighted by Crippen LogP contribution is 2.30. The number of amides is 2. The minimum Gasteiger partial charge on any atom is -0.486 e. The monoisotopic (exact) mass is 363 g/mol. The van der Waals surface area contributed by atoms with Gasteiger partial charge in [-0.2, -0.15) is 5.26 Å². The number of ether oxygens (including phenoxy) is 1. The van der Waals surface area contributed by atoms with Crippen molar-refractivity contribution in [3.8, 4) is 11.8 Å². The van der Waals surface area contributed by atoms with E-state index < -0.39 is 5.60 Å². The molecule has 0 aromatic heterocycles. The summed E-state index contributed by atoms with van der Waals surface area (Å²) in [6, 6.07) is 17.2. The van der Waals surface area contributed by atoms with Crippen molar-refractivity contribution in [3.63, 3.8) is 0 Å². The molecule has 1 aliphatic rings. The Bertz CT molecular complexity index is 858. The summed E-state index contributed by atoms with van der Waals surface area (Å²) in [5.41, 5.74) is 1.63. The number of nitrogens with one attached hydrogen (secondary N) is 1. The molecule has 0 unspecified atom stereocenters. The van der Waals surface area contributed by atoms with Crippen molar-refractivity contribution in [2.24, 2.45) is 0 Å². The van der Waals surface area contributed by atoms with E-state index in [4.69, 9.17) is 4.74 Å². The molecule has 1 N–H and O–H groups in total. The number of urea groups is 1. The molecule has 1 heterocycles. The maximum atomic E-state index is 12.8. The zero-order valence-electron chi connectivity index (χ0n) is 16.0. The van der Waals surface area contributed by atoms with E-state index in [1.54, 1.807) is 11.0 Å². The molecule has 5 nitrogen and oxygen atoms in total. The minimum absolute atomic E-state index is 0.194. The van der Waals surface area contributed by atoms with Gasteiger partial charge in [-0.25, -0.2) is 4.79 Å². The molecule has 2 amide bonds. The van der Waals surface area contributed by atoms with Crippen LogP contribution in [0.15, 0.2) is 48.5 Å². The Kier molecular flexibility index (Phi) is 5.36. The molecule has 0 spiro atoms. The number of nitrogens with zero attached hydrogens (tertiary/aromatic N) is 2. The molecule has 5 heteroatoms. The van der Waals surface area contributed by atoms with Crippen molar-refractivity contribution in [2.45, 2.75) is 38.7 Å². The fourth-order valence-corrected chi connectivity index (χ4v) is 3.43. The average molecular weight is 363 g/mol. The van der Waals surface area contributed by atoms with Gasteiger partial charge in [0.15, 0.2) is 0 Å². The molecule has 0 radical (unpaired) electrons. The Hall–Kier alpha value is -3.00. The minimum atomic E-state index is -0.422. The predicted molar refractivity (Wildman–Crippen MR) is 106 cm³/mol. The van der Waals surface area contributed by atoms with Crippen molar-refractivity contribution in [1.82, 2.24) is 4.90 Å². The highest BCUT2D eigenvalue weighted by molar-refractivity contribution is 5.92. The molecule has 1 atom stereocenters. The lowest BCUT2D eigenvalue weighted by atomic mass is 9.98. The Morgan fingerprint density at radius 1 is 1.22 bits per heavy atom. The molecular weight excluding hydrogens is 338 g/mol. The van der Waals surface area contributed by atoms with Crippen LogP contribution in [0.2, 0.25) is 0 Å². The number of para-hydroxylation sites is 2. The van der Waals surface area contributed by atoms with E-state index in [1.165, 1.54) is 0 Å². The first-order valence-corrected chi connectivity index (χ1v) is 9.25. The number of nitriles is 1. The van der Waals surface area contributed by atoms with Gasteiger partial charge in [-0.05, 0) is 36.6 Å². The fourth-order valence-electron chi connectivity index (χ4n) is 3.43. The molecule has 2 aromatic carbocycles. The second kappa shape index (κ2) is 7.71. The number of likely N-dealkylation sites (tertiary alicyclic amines) is 1. The van der Waals surface area contributed by atoms with E-state index in [2.05, 4.69) is 11.4 Å². The van der Waals surface area contributed by atoms with Gasteiger partial charge >= 0.3 is 6.03 Å². The van der Waals surface area contributed by atoms with Crippen molar-refractivity contribution in [2.75, 3.05) is 18.4 Å². The highest BCUT2D eigenvalue weighted by atomic mass is 16.5. The Morgan fingerprint density at radius 2 is 1.96 bits per heavy atom. The summed E-state index contributed by atoms with van der Waals surface area (Å²) in [6.07, 6.45) is 0.756. The maximum absolute atomic E-state index is 12.8. The van der Waals surface area contributed by atoms with Crippen LogP contribution in [0, 0.1) is 11.3 Å². The highest BCUT2D eigenvalue weighted by Gasteiger charge is 2.38. The van der Waals surface area contributed by atoms with Crippen molar-refractivity contribution in [3.05, 3.63) is 59.7 Å². The second-order valence-electron chi connectivity index (χ2n) is 7.50. The lowest BCUT2D eigenvalue weighted by Crippen LogP contribution is -2.40. The standard InChI is InChI=1S/C22H25N3O2/c1-16(2)19-11-7-8-17(14-23)20(19)24-21(26)25-13-12-22(3,15-25)27-18-9-5-4-6-10-18/h4-11,16H,12-13,15H2,1-3H3,(H,24,26)/t22-/m0/s1. The van der Waals surface area contributed by atoms with Gasteiger partial charge in [0.05, 0.1) is 17.8 Å². The first kappa shape index (κ1) is 18.8. The van der Waals surface area contributed by atoms with E-state index in [-0.39, 0.29) is 11.9 Å². The molecule has 1 fully saturated rings. The van der Waals surface area contributed by atoms with Crippen LogP contribution in [0.1, 0.15) is 44.2 Å². The topological polar surface area (TPSA) is 65.4 Å². The van der Waals surface area contributed by atoms with E-state index in [0.29, 0.717) is 24.3 Å². The number of carbonyl (C=O) groups excluding carboxylic acids is 1. The summed E-state index contributed by atoms with van der Waals surface area (Å²) >= 11 is 0. The normalized spacial score (nSPS) is 19.0. The first-order chi connectivity index (χ1) is 12.9. The van der Waals surface area contributed by atoms with Gasteiger partial charge in [0.1, 0.15) is 17.4 Å². The third kappa shape index (κ3) is 4.22. The molecule has 2 aromatic rings. The summed E-state index contributed by atoms with van der Waals surface area (Å²) in [7, 11) is 0. The van der Waals surface area contributed by atoms with Gasteiger partial charge < -0.3 is 15.0 Å². The maximum Gasteiger partial charge on any atom is 0.322 e. The molecule has 3 rings (SSSR count). The van der Waals surface area contributed by atoms with Crippen LogP contribution in [-0.4, -0.2) is 29.6 Å². The molecule has 140 valence electrons. The molecule has 27 heavy (non-hydrogen) atoms. The smallest absolute Gasteiger partial charge is 0.322 e. The van der Waals surface area contributed by atoms with Crippen LogP contribution in [-0.2, 0) is 0 Å². The van der Waals surface area contributed by atoms with Gasteiger partial charge in [-0.3, -0.25) is 0 Å². The molecular formula is C22H25N3O2. The zero-order valence-corrected chi connectivity index (χ0v) is 16.0. The Morgan fingerprint density at radius 3 is 2.63 bits per heavy atom. The number of benzene rings is 2. The molecule has 0 saturated carbocycles. The quantitative estimate of drug-likeness (QED) is 0.852. The number of rotatable bonds is 4. The number of carbonyl (C=O) groups is 1. The largest absolute Gasteiger partial charge is 0.486 e. The van der Waals surface area contributed by atoms with Crippen LogP contribution < -0.4 is 10.1 Å². The van der Waals surface area contributed by atoms with Crippen molar-refractivity contribution in [1.29, 1.82) is 5.26 Å². The van der Waals surface area contributed by atoms with E-state index in [9.17, 15) is 10.1 Å². The molecule has 1 saturated heterocycles. The van der Waals surface area contributed by atoms with Crippen LogP contribution in [0.4, 0.5) is 10.5 Å². The fraction of sp³-hybridized carbons (Fsp3) is 0.364. The number of anilines is 1. The van der Waals surface area contributed by atoms with E-state index in [1.807, 2.05) is 63.2 Å². The van der Waals surface area contributed by atoms with Crippen LogP contribution in [0.25, 0.3) is 0 Å². The van der Waals surface area contributed by atoms with Gasteiger partial charge in [0.2, 0.25) is 0 Å². The van der Waals surface area contributed by atoms with Crippen molar-refractivity contribution < 1.29 is 9.53 Å². The summed E-state index contributed by atoms with van der Waals surface area (Å²) in [4.78, 5) is 14.6. The summed E-state index contributed by atoms with van der Waals surface area (Å²) in [6.45, 7) is 7.23. The Balaban J connectivity index is 1.72. The van der Waals surface area contributed by atoms with Gasteiger partial charge in [0.25, 0.3) is 0 Å². The van der Waals surface area contributed by atoms with Gasteiger partial charge in [0, 0.05) is 13.0 Å². The van der Waals surface area contributed by atoms with Gasteiger partial charge in [-0.1, -0.05) is 44.2 Å². The number of hydrogen-bond acceptors (Lipinski definition) is 3. The van der Waals surface area contributed by atoms with Crippen LogP contribution >= 0.6 is 0 Å². The first-order valence-electron chi connectivity index (χ1n) is 9.25. The SMILES string of the molecule is CC(C)c1cccc(C#N)c1NC(=O)N1CC[C@](C)(Oc2ccccc2)C1. The van der Waals surface area contributed by atoms with E-state index in [0.717, 1.165) is 17.7 Å². The van der Waals surface area contributed by atoms with Crippen LogP contribution in [0.5, 0.6) is 5.75 Å².